The zero-order valence-corrected chi connectivity index (χ0v) is 12.2. The van der Waals surface area contributed by atoms with E-state index >= 15 is 0 Å². The third-order valence-electron chi connectivity index (χ3n) is 1.60. The Bertz CT molecular complexity index is 289. The number of carbonyl (C=O) groups excluding carboxylic acids is 1. The van der Waals surface area contributed by atoms with Crippen molar-refractivity contribution in [2.45, 2.75) is 23.4 Å². The second-order valence-electron chi connectivity index (χ2n) is 4.02. The highest BCUT2D eigenvalue weighted by Crippen LogP contribution is 2.27. The van der Waals surface area contributed by atoms with Crippen LogP contribution in [-0.4, -0.2) is 17.8 Å². The van der Waals surface area contributed by atoms with Gasteiger partial charge in [-0.25, -0.2) is 0 Å². The maximum atomic E-state index is 11.4. The topological polar surface area (TPSA) is 29.1 Å². The van der Waals surface area contributed by atoms with Crippen molar-refractivity contribution in [2.24, 2.45) is 0 Å². The predicted molar refractivity (Wildman–Crippen MR) is 70.1 cm³/mol. The second-order valence-corrected chi connectivity index (χ2v) is 11.3. The zero-order chi connectivity index (χ0) is 12.3. The fraction of sp³-hybridized carbons (Fsp3) is 0.444. The van der Waals surface area contributed by atoms with Gasteiger partial charge in [0, 0.05) is 5.32 Å². The van der Waals surface area contributed by atoms with Crippen LogP contribution in [0.15, 0.2) is 24.1 Å². The Kier molecular flexibility index (Phi) is 5.40. The van der Waals surface area contributed by atoms with Crippen molar-refractivity contribution >= 4 is 48.8 Å². The van der Waals surface area contributed by atoms with Gasteiger partial charge in [-0.15, -0.1) is 0 Å². The number of amides is 1. The molecule has 0 aromatic rings. The molecule has 0 bridgehead atoms. The fourth-order valence-electron chi connectivity index (χ4n) is 0.790. The number of nitrogens with one attached hydrogen (secondary N) is 1. The van der Waals surface area contributed by atoms with Crippen LogP contribution in [0.1, 0.15) is 0 Å². The summed E-state index contributed by atoms with van der Waals surface area (Å²) in [6.07, 6.45) is 3.34. The van der Waals surface area contributed by atoms with Crippen LogP contribution < -0.4 is 5.32 Å². The molecule has 0 aromatic heterocycles. The summed E-state index contributed by atoms with van der Waals surface area (Å²) in [4.78, 5) is 11.4. The Morgan fingerprint density at radius 3 is 2.07 bits per heavy atom. The summed E-state index contributed by atoms with van der Waals surface area (Å²) in [5, 5.41) is 3.40. The third kappa shape index (κ3) is 5.61. The van der Waals surface area contributed by atoms with Gasteiger partial charge in [0.1, 0.15) is 0 Å². The minimum absolute atomic E-state index is 0.636. The molecule has 0 unspecified atom stereocenters. The summed E-state index contributed by atoms with van der Waals surface area (Å²) in [5.41, 5.74) is 0. The SMILES string of the molecule is C=C/C=C(\NC(=O)C(Cl)(Cl)Cl)[Si](C)(C)C. The van der Waals surface area contributed by atoms with Crippen LogP contribution in [-0.2, 0) is 4.79 Å². The molecular weight excluding hydrogens is 273 g/mol. The lowest BCUT2D eigenvalue weighted by molar-refractivity contribution is -0.119. The molecule has 0 heterocycles. The normalized spacial score (nSPS) is 13.6. The molecule has 15 heavy (non-hydrogen) atoms. The third-order valence-corrected chi connectivity index (χ3v) is 4.02. The number of hydrogen-bond acceptors (Lipinski definition) is 1. The summed E-state index contributed by atoms with van der Waals surface area (Å²) in [7, 11) is -1.67. The molecule has 0 aliphatic rings. The van der Waals surface area contributed by atoms with E-state index in [1.54, 1.807) is 12.2 Å². The maximum absolute atomic E-state index is 11.4. The van der Waals surface area contributed by atoms with Gasteiger partial charge in [0.25, 0.3) is 9.70 Å². The molecule has 0 atom stereocenters. The van der Waals surface area contributed by atoms with Crippen molar-refractivity contribution in [3.05, 3.63) is 24.1 Å². The fourth-order valence-corrected chi connectivity index (χ4v) is 2.04. The first-order chi connectivity index (χ1) is 6.59. The van der Waals surface area contributed by atoms with Gasteiger partial charge in [-0.05, 0) is 6.08 Å². The van der Waals surface area contributed by atoms with Crippen LogP contribution in [0.25, 0.3) is 0 Å². The molecular formula is C9H14Cl3NOSi. The van der Waals surface area contributed by atoms with Gasteiger partial charge in [0.2, 0.25) is 0 Å². The Morgan fingerprint density at radius 2 is 1.80 bits per heavy atom. The Morgan fingerprint density at radius 1 is 1.33 bits per heavy atom. The number of allylic oxidation sites excluding steroid dienone is 2. The summed E-state index contributed by atoms with van der Waals surface area (Å²) in [6, 6.07) is 0. The van der Waals surface area contributed by atoms with E-state index in [9.17, 15) is 4.79 Å². The monoisotopic (exact) mass is 285 g/mol. The summed E-state index contributed by atoms with van der Waals surface area (Å²) in [6.45, 7) is 9.79. The quantitative estimate of drug-likeness (QED) is 0.481. The summed E-state index contributed by atoms with van der Waals surface area (Å²) >= 11 is 16.4. The van der Waals surface area contributed by atoms with Gasteiger partial charge in [-0.2, -0.15) is 0 Å². The molecule has 0 saturated carbocycles. The number of halogens is 3. The van der Waals surface area contributed by atoms with Crippen LogP contribution in [0.2, 0.25) is 19.6 Å². The number of carbonyl (C=O) groups is 1. The van der Waals surface area contributed by atoms with Gasteiger partial charge < -0.3 is 5.32 Å². The van der Waals surface area contributed by atoms with Crippen molar-refractivity contribution < 1.29 is 4.79 Å². The highest BCUT2D eigenvalue weighted by Gasteiger charge is 2.33. The standard InChI is InChI=1S/C9H14Cl3NOSi/c1-5-6-7(15(2,3)4)13-8(14)9(10,11)12/h5-6H,1H2,2-4H3,(H,13,14)/b7-6+. The van der Waals surface area contributed by atoms with Gasteiger partial charge in [0.05, 0.1) is 8.07 Å². The van der Waals surface area contributed by atoms with Crippen molar-refractivity contribution in [2.75, 3.05) is 0 Å². The average molecular weight is 287 g/mol. The second kappa shape index (κ2) is 5.39. The Balaban J connectivity index is 4.82. The Labute approximate surface area is 106 Å². The number of alkyl halides is 3. The molecule has 0 radical (unpaired) electrons. The van der Waals surface area contributed by atoms with Gasteiger partial charge in [-0.1, -0.05) is 67.1 Å². The predicted octanol–water partition coefficient (Wildman–Crippen LogP) is 3.42. The summed E-state index contributed by atoms with van der Waals surface area (Å²) < 4.78 is -1.93. The molecule has 0 saturated heterocycles. The molecule has 0 aliphatic heterocycles. The first kappa shape index (κ1) is 15.0. The smallest absolute Gasteiger partial charge is 0.275 e. The molecule has 1 amide bonds. The van der Waals surface area contributed by atoms with E-state index in [0.717, 1.165) is 5.32 Å². The first-order valence-corrected chi connectivity index (χ1v) is 8.94. The average Bonchev–Trinajstić information content (AvgIpc) is 1.99. The van der Waals surface area contributed by atoms with Gasteiger partial charge >= 0.3 is 0 Å². The zero-order valence-electron chi connectivity index (χ0n) is 8.90. The van der Waals surface area contributed by atoms with Gasteiger partial charge in [0.15, 0.2) is 0 Å². The van der Waals surface area contributed by atoms with Crippen molar-refractivity contribution in [1.82, 2.24) is 5.32 Å². The highest BCUT2D eigenvalue weighted by molar-refractivity contribution is 6.83. The van der Waals surface area contributed by atoms with Crippen LogP contribution in [0, 0.1) is 0 Å². The lowest BCUT2D eigenvalue weighted by atomic mass is 10.5. The molecule has 86 valence electrons. The molecule has 0 rings (SSSR count). The maximum Gasteiger partial charge on any atom is 0.275 e. The van der Waals surface area contributed by atoms with E-state index in [2.05, 4.69) is 31.5 Å². The molecule has 0 spiro atoms. The largest absolute Gasteiger partial charge is 0.330 e. The lowest BCUT2D eigenvalue weighted by Crippen LogP contribution is -2.42. The van der Waals surface area contributed by atoms with E-state index in [1.807, 2.05) is 0 Å². The van der Waals surface area contributed by atoms with Crippen molar-refractivity contribution in [1.29, 1.82) is 0 Å². The van der Waals surface area contributed by atoms with Crippen molar-refractivity contribution in [3.63, 3.8) is 0 Å². The van der Waals surface area contributed by atoms with E-state index in [-0.39, 0.29) is 0 Å². The van der Waals surface area contributed by atoms with Crippen LogP contribution in [0.3, 0.4) is 0 Å². The van der Waals surface area contributed by atoms with E-state index in [0.29, 0.717) is 0 Å². The van der Waals surface area contributed by atoms with Crippen LogP contribution in [0.4, 0.5) is 0 Å². The van der Waals surface area contributed by atoms with E-state index in [1.165, 1.54) is 0 Å². The molecule has 0 aromatic carbocycles. The highest BCUT2D eigenvalue weighted by atomic mass is 35.6. The van der Waals surface area contributed by atoms with E-state index in [4.69, 9.17) is 34.8 Å². The van der Waals surface area contributed by atoms with Crippen molar-refractivity contribution in [3.8, 4) is 0 Å². The summed E-state index contributed by atoms with van der Waals surface area (Å²) in [5.74, 6) is -0.636. The molecule has 6 heteroatoms. The molecule has 0 fully saturated rings. The Hall–Kier alpha value is 0.0369. The minimum atomic E-state index is -1.93. The van der Waals surface area contributed by atoms with Crippen LogP contribution >= 0.6 is 34.8 Å². The first-order valence-electron chi connectivity index (χ1n) is 4.30. The number of hydrogen-bond donors (Lipinski definition) is 1. The van der Waals surface area contributed by atoms with Gasteiger partial charge in [-0.3, -0.25) is 4.79 Å². The molecule has 0 aliphatic carbocycles. The van der Waals surface area contributed by atoms with Crippen LogP contribution in [0.5, 0.6) is 0 Å². The lowest BCUT2D eigenvalue weighted by Gasteiger charge is -2.23. The minimum Gasteiger partial charge on any atom is -0.330 e. The number of rotatable bonds is 3. The van der Waals surface area contributed by atoms with E-state index < -0.39 is 17.8 Å². The molecule has 2 nitrogen and oxygen atoms in total. The molecule has 1 N–H and O–H groups in total.